The predicted octanol–water partition coefficient (Wildman–Crippen LogP) is 5.02. The summed E-state index contributed by atoms with van der Waals surface area (Å²) in [6.45, 7) is 5.28. The van der Waals surface area contributed by atoms with Crippen LogP contribution in [0.3, 0.4) is 0 Å². The van der Waals surface area contributed by atoms with Crippen LogP contribution in [0.25, 0.3) is 16.8 Å². The highest BCUT2D eigenvalue weighted by atomic mass is 16.1. The molecule has 0 saturated heterocycles. The molecule has 4 aromatic rings. The summed E-state index contributed by atoms with van der Waals surface area (Å²) in [7, 11) is 0. The number of carbonyl (C=O) groups excluding carboxylic acids is 1. The smallest absolute Gasteiger partial charge is 0.221 e. The SMILES string of the molecule is CC(=O)Nc1ccc(NCc2nn3cc(-c4ccc(C)cc4)c4c3n2CCCC4)cc1. The van der Waals surface area contributed by atoms with Crippen molar-refractivity contribution in [3.05, 3.63) is 71.7 Å². The van der Waals surface area contributed by atoms with E-state index in [1.54, 1.807) is 0 Å². The summed E-state index contributed by atoms with van der Waals surface area (Å²) < 4.78 is 4.44. The van der Waals surface area contributed by atoms with Crippen LogP contribution in [0.2, 0.25) is 0 Å². The van der Waals surface area contributed by atoms with Gasteiger partial charge in [0, 0.05) is 42.2 Å². The molecule has 5 rings (SSSR count). The van der Waals surface area contributed by atoms with E-state index in [1.165, 1.54) is 41.2 Å². The standard InChI is InChI=1S/C25H27N5O/c1-17-6-8-19(9-7-17)23-16-30-25-22(23)5-3-4-14-29(25)24(28-30)15-26-20-10-12-21(13-11-20)27-18(2)31/h6-13,16,26H,3-5,14-15H2,1-2H3,(H,27,31). The molecule has 0 saturated carbocycles. The number of benzene rings is 2. The van der Waals surface area contributed by atoms with Gasteiger partial charge in [-0.3, -0.25) is 4.79 Å². The zero-order valence-electron chi connectivity index (χ0n) is 18.0. The second kappa shape index (κ2) is 7.95. The summed E-state index contributed by atoms with van der Waals surface area (Å²) in [5, 5.41) is 11.2. The molecule has 0 unspecified atom stereocenters. The molecule has 0 atom stereocenters. The van der Waals surface area contributed by atoms with Crippen molar-refractivity contribution < 1.29 is 4.79 Å². The maximum Gasteiger partial charge on any atom is 0.221 e. The lowest BCUT2D eigenvalue weighted by molar-refractivity contribution is -0.114. The Balaban J connectivity index is 1.42. The molecule has 1 amide bonds. The van der Waals surface area contributed by atoms with Gasteiger partial charge in [0.2, 0.25) is 5.91 Å². The Kier molecular flexibility index (Phi) is 4.98. The first kappa shape index (κ1) is 19.4. The van der Waals surface area contributed by atoms with Gasteiger partial charge in [0.05, 0.1) is 6.54 Å². The number of rotatable bonds is 5. The van der Waals surface area contributed by atoms with Crippen molar-refractivity contribution in [2.75, 3.05) is 10.6 Å². The average Bonchev–Trinajstić information content (AvgIpc) is 3.17. The van der Waals surface area contributed by atoms with E-state index in [9.17, 15) is 4.79 Å². The first-order valence-electron chi connectivity index (χ1n) is 10.9. The van der Waals surface area contributed by atoms with Crippen LogP contribution >= 0.6 is 0 Å². The average molecular weight is 414 g/mol. The van der Waals surface area contributed by atoms with E-state index in [0.29, 0.717) is 6.54 Å². The van der Waals surface area contributed by atoms with Crippen LogP contribution in [0.4, 0.5) is 11.4 Å². The summed E-state index contributed by atoms with van der Waals surface area (Å²) in [6, 6.07) is 16.5. The lowest BCUT2D eigenvalue weighted by atomic mass is 10.00. The van der Waals surface area contributed by atoms with Gasteiger partial charge in [-0.1, -0.05) is 29.8 Å². The number of nitrogens with one attached hydrogen (secondary N) is 2. The maximum absolute atomic E-state index is 11.2. The number of hydrogen-bond donors (Lipinski definition) is 2. The molecule has 0 spiro atoms. The van der Waals surface area contributed by atoms with Crippen molar-refractivity contribution in [3.8, 4) is 11.1 Å². The van der Waals surface area contributed by atoms with Crippen LogP contribution in [-0.2, 0) is 24.3 Å². The molecule has 3 heterocycles. The molecule has 31 heavy (non-hydrogen) atoms. The highest BCUT2D eigenvalue weighted by molar-refractivity contribution is 5.88. The fraction of sp³-hybridized carbons (Fsp3) is 0.280. The van der Waals surface area contributed by atoms with E-state index in [2.05, 4.69) is 57.1 Å². The number of hydrogen-bond acceptors (Lipinski definition) is 3. The Morgan fingerprint density at radius 3 is 2.52 bits per heavy atom. The van der Waals surface area contributed by atoms with Crippen molar-refractivity contribution in [1.82, 2.24) is 14.2 Å². The van der Waals surface area contributed by atoms with Crippen LogP contribution in [0.1, 0.15) is 36.7 Å². The largest absolute Gasteiger partial charge is 0.378 e. The lowest BCUT2D eigenvalue weighted by Gasteiger charge is -2.10. The topological polar surface area (TPSA) is 63.4 Å². The third-order valence-electron chi connectivity index (χ3n) is 5.93. The molecule has 2 N–H and O–H groups in total. The van der Waals surface area contributed by atoms with Gasteiger partial charge in [-0.25, -0.2) is 4.52 Å². The van der Waals surface area contributed by atoms with Crippen molar-refractivity contribution in [2.45, 2.75) is 46.2 Å². The quantitative estimate of drug-likeness (QED) is 0.483. The van der Waals surface area contributed by atoms with Gasteiger partial charge >= 0.3 is 0 Å². The van der Waals surface area contributed by atoms with E-state index in [0.717, 1.165) is 36.6 Å². The van der Waals surface area contributed by atoms with E-state index in [-0.39, 0.29) is 5.91 Å². The van der Waals surface area contributed by atoms with Gasteiger partial charge in [-0.2, -0.15) is 5.10 Å². The van der Waals surface area contributed by atoms with Gasteiger partial charge in [-0.05, 0) is 56.0 Å². The Hall–Kier alpha value is -3.54. The molecular formula is C25H27N5O. The molecule has 0 radical (unpaired) electrons. The number of aryl methyl sites for hydroxylation is 3. The van der Waals surface area contributed by atoms with E-state index in [4.69, 9.17) is 5.10 Å². The fourth-order valence-electron chi connectivity index (χ4n) is 4.41. The summed E-state index contributed by atoms with van der Waals surface area (Å²) in [6.07, 6.45) is 5.62. The van der Waals surface area contributed by atoms with Gasteiger partial charge in [0.1, 0.15) is 5.65 Å². The number of anilines is 2. The molecule has 1 aliphatic rings. The Morgan fingerprint density at radius 1 is 1.03 bits per heavy atom. The molecule has 0 aliphatic carbocycles. The summed E-state index contributed by atoms with van der Waals surface area (Å²) in [5.74, 6) is 0.976. The second-order valence-corrected chi connectivity index (χ2v) is 8.29. The minimum atomic E-state index is -0.0649. The van der Waals surface area contributed by atoms with Crippen molar-refractivity contribution in [2.24, 2.45) is 0 Å². The number of carbonyl (C=O) groups is 1. The summed E-state index contributed by atoms with van der Waals surface area (Å²) in [5.41, 5.74) is 8.27. The Bertz CT molecular complexity index is 1230. The van der Waals surface area contributed by atoms with E-state index < -0.39 is 0 Å². The third kappa shape index (κ3) is 3.81. The van der Waals surface area contributed by atoms with E-state index in [1.807, 2.05) is 24.3 Å². The van der Waals surface area contributed by atoms with Gasteiger partial charge in [-0.15, -0.1) is 0 Å². The first-order chi connectivity index (χ1) is 15.1. The highest BCUT2D eigenvalue weighted by Gasteiger charge is 2.22. The van der Waals surface area contributed by atoms with Crippen LogP contribution in [0.15, 0.2) is 54.7 Å². The van der Waals surface area contributed by atoms with Gasteiger partial charge in [0.15, 0.2) is 5.82 Å². The zero-order chi connectivity index (χ0) is 21.4. The molecule has 6 heteroatoms. The van der Waals surface area contributed by atoms with Crippen molar-refractivity contribution in [3.63, 3.8) is 0 Å². The second-order valence-electron chi connectivity index (χ2n) is 8.29. The Labute approximate surface area is 181 Å². The molecule has 2 aromatic heterocycles. The molecular weight excluding hydrogens is 386 g/mol. The minimum Gasteiger partial charge on any atom is -0.378 e. The van der Waals surface area contributed by atoms with Gasteiger partial charge < -0.3 is 15.2 Å². The summed E-state index contributed by atoms with van der Waals surface area (Å²) >= 11 is 0. The van der Waals surface area contributed by atoms with Crippen molar-refractivity contribution in [1.29, 1.82) is 0 Å². The summed E-state index contributed by atoms with van der Waals surface area (Å²) in [4.78, 5) is 11.2. The normalized spacial score (nSPS) is 13.2. The molecule has 6 nitrogen and oxygen atoms in total. The highest BCUT2D eigenvalue weighted by Crippen LogP contribution is 2.33. The minimum absolute atomic E-state index is 0.0649. The number of amides is 1. The Morgan fingerprint density at radius 2 is 1.77 bits per heavy atom. The molecule has 158 valence electrons. The van der Waals surface area contributed by atoms with Crippen molar-refractivity contribution >= 4 is 22.9 Å². The molecule has 1 aliphatic heterocycles. The third-order valence-corrected chi connectivity index (χ3v) is 5.93. The van der Waals surface area contributed by atoms with Gasteiger partial charge in [0.25, 0.3) is 0 Å². The lowest BCUT2D eigenvalue weighted by Crippen LogP contribution is -2.09. The first-order valence-corrected chi connectivity index (χ1v) is 10.9. The monoisotopic (exact) mass is 413 g/mol. The van der Waals surface area contributed by atoms with Crippen LogP contribution in [0.5, 0.6) is 0 Å². The zero-order valence-corrected chi connectivity index (χ0v) is 18.0. The van der Waals surface area contributed by atoms with E-state index >= 15 is 0 Å². The van der Waals surface area contributed by atoms with Crippen LogP contribution in [-0.4, -0.2) is 20.1 Å². The molecule has 2 aromatic carbocycles. The molecule has 0 bridgehead atoms. The van der Waals surface area contributed by atoms with Crippen LogP contribution < -0.4 is 10.6 Å². The molecule has 0 fully saturated rings. The van der Waals surface area contributed by atoms with Crippen LogP contribution in [0, 0.1) is 6.92 Å². The number of aromatic nitrogens is 3. The predicted molar refractivity (Wildman–Crippen MR) is 124 cm³/mol. The number of nitrogens with zero attached hydrogens (tertiary/aromatic N) is 3. The maximum atomic E-state index is 11.2. The fourth-order valence-corrected chi connectivity index (χ4v) is 4.41.